The van der Waals surface area contributed by atoms with Gasteiger partial charge >= 0.3 is 18.2 Å². The van der Waals surface area contributed by atoms with Crippen molar-refractivity contribution in [3.8, 4) is 22.3 Å². The zero-order valence-electron chi connectivity index (χ0n) is 78.7. The molecule has 0 radical (unpaired) electrons. The van der Waals surface area contributed by atoms with Gasteiger partial charge in [-0.15, -0.1) is 0 Å². The van der Waals surface area contributed by atoms with E-state index in [1.807, 2.05) is 98.8 Å². The standard InChI is InChI=1S/C52H69N5O9.C47H62N4O8.C4H8N2O2/c1-5-7-10-19-43(46(58)33-42-34-57(65-4)50(42)62)54-48(60)36(3)32-47(59)45-21-15-31-56(45)51(63)44(20-13-14-30-53-52(64)66-35-38-17-11-9-12-18-38)55-49(61)41-28-26-40(27-29-41)39-24-22-37(23-25-39)16-8-6-2;1-4-6-9-19-40(46(56)57)50-43(53)33(3)31-42(52)41-20-14-30-51(41)45(55)39(18-12-13-29-48-47(58)59-32-35-16-10-8-11-17-35)49-44(54)38-27-25-37(26-28-38)36-23-21-34(22-24-36)15-7-5-2;1-8-6-2-3(5)4(6)7/h9,11-12,17-18,22-29,36,42-45H,5-8,10,13-16,19-21,30-35H2,1-4H3,(H,53,64)(H,54,60)(H,55,61);8,10-11,16-17,21-28,33,39-41H,4-7,9,12-15,18-20,29-32H2,1-3H3,(H,48,58)(H,49,54)(H,50,53)(H,56,57);3H,2,5H2,1H3/t36-,42-,43+,44+,45+;33-,39+,40+,41+;3-/m111/s1. The number of hydrogen-bond donors (Lipinski definition) is 8. The number of ketones is 3. The van der Waals surface area contributed by atoms with Gasteiger partial charge in [0.25, 0.3) is 23.6 Å². The number of β-lactam (4-membered cyclic amide) rings is 2. The predicted octanol–water partition coefficient (Wildman–Crippen LogP) is 13.9. The van der Waals surface area contributed by atoms with E-state index in [0.717, 1.165) is 104 Å². The van der Waals surface area contributed by atoms with Crippen LogP contribution >= 0.6 is 0 Å². The Morgan fingerprint density at radius 2 is 0.797 bits per heavy atom. The van der Waals surface area contributed by atoms with Crippen LogP contribution in [0, 0.1) is 17.8 Å². The highest BCUT2D eigenvalue weighted by Crippen LogP contribution is 2.30. The van der Waals surface area contributed by atoms with Gasteiger partial charge in [0.2, 0.25) is 23.6 Å². The maximum atomic E-state index is 14.4. The van der Waals surface area contributed by atoms with Crippen LogP contribution in [0.2, 0.25) is 0 Å². The lowest BCUT2D eigenvalue weighted by Gasteiger charge is -2.36. The van der Waals surface area contributed by atoms with Gasteiger partial charge in [0.1, 0.15) is 37.4 Å². The number of amides is 10. The molecule has 0 aliphatic carbocycles. The van der Waals surface area contributed by atoms with Crippen molar-refractivity contribution in [2.24, 2.45) is 23.5 Å². The van der Waals surface area contributed by atoms with Crippen LogP contribution in [0.1, 0.15) is 245 Å². The van der Waals surface area contributed by atoms with Crippen LogP contribution in [0.3, 0.4) is 0 Å². The first-order valence-electron chi connectivity index (χ1n) is 47.6. The van der Waals surface area contributed by atoms with Gasteiger partial charge in [-0.2, -0.15) is 0 Å². The van der Waals surface area contributed by atoms with Crippen LogP contribution in [-0.2, 0) is 93.1 Å². The fourth-order valence-electron chi connectivity index (χ4n) is 16.3. The fourth-order valence-corrected chi connectivity index (χ4v) is 16.3. The van der Waals surface area contributed by atoms with Gasteiger partial charge in [0, 0.05) is 68.4 Å². The molecule has 30 heteroatoms. The number of rotatable bonds is 52. The molecule has 4 saturated heterocycles. The molecule has 10 rings (SSSR count). The Morgan fingerprint density at radius 1 is 0.429 bits per heavy atom. The van der Waals surface area contributed by atoms with Crippen LogP contribution in [0.5, 0.6) is 0 Å². The SMILES string of the molecule is CCCCC[C@H](NC(=O)[C@H](C)CC(=O)[C@@H]1CCCN1C(=O)[C@H](CCCCNC(=O)OCc1ccccc1)NC(=O)c1ccc(-c2ccc(CCCC)cc2)cc1)C(=O)C[C@@H]1CN(OC)C1=O.CCCCC[C@H](NC(=O)[C@H](C)CC(=O)[C@@H]1CCCN1C(=O)[C@H](CCCCNC(=O)OCc1ccccc1)NC(=O)c1ccc(-c2ccc(CCCC)cc2)cc1)C(=O)O.CON1C[C@@H](N)C1=O. The number of aryl methyl sites for hydroxylation is 2. The van der Waals surface area contributed by atoms with Gasteiger partial charge in [-0.05, 0) is 172 Å². The monoisotopic (exact) mass is 1830 g/mol. The van der Waals surface area contributed by atoms with Crippen molar-refractivity contribution in [2.45, 2.75) is 270 Å². The van der Waals surface area contributed by atoms with E-state index in [1.165, 1.54) is 45.3 Å². The molecule has 0 bridgehead atoms. The third-order valence-corrected chi connectivity index (χ3v) is 24.5. The maximum absolute atomic E-state index is 14.4. The number of nitrogens with one attached hydrogen (secondary N) is 6. The summed E-state index contributed by atoms with van der Waals surface area (Å²) >= 11 is 0. The van der Waals surface area contributed by atoms with Gasteiger partial charge < -0.3 is 62.0 Å². The number of carboxylic acid groups (broad SMARTS) is 1. The summed E-state index contributed by atoms with van der Waals surface area (Å²) in [7, 11) is 2.85. The molecule has 133 heavy (non-hydrogen) atoms. The number of unbranched alkanes of at least 4 members (excludes halogenated alkanes) is 8. The van der Waals surface area contributed by atoms with E-state index in [1.54, 1.807) is 38.1 Å². The average Bonchev–Trinajstić information content (AvgIpc) is 1.45. The Bertz CT molecular complexity index is 4730. The van der Waals surface area contributed by atoms with E-state index in [0.29, 0.717) is 121 Å². The first kappa shape index (κ1) is 106. The van der Waals surface area contributed by atoms with E-state index >= 15 is 0 Å². The largest absolute Gasteiger partial charge is 0.480 e. The summed E-state index contributed by atoms with van der Waals surface area (Å²) < 4.78 is 10.6. The number of Topliss-reactive ketones (excluding diaryl/α,β-unsaturated/α-hetero) is 3. The van der Waals surface area contributed by atoms with Crippen LogP contribution in [0.4, 0.5) is 9.59 Å². The zero-order valence-corrected chi connectivity index (χ0v) is 78.7. The van der Waals surface area contributed by atoms with Crippen molar-refractivity contribution in [1.29, 1.82) is 0 Å². The number of carbonyl (C=O) groups excluding carboxylic acids is 13. The Morgan fingerprint density at radius 3 is 1.16 bits per heavy atom. The molecule has 0 saturated carbocycles. The van der Waals surface area contributed by atoms with E-state index < -0.39 is 95.8 Å². The highest BCUT2D eigenvalue weighted by molar-refractivity contribution is 6.02. The lowest BCUT2D eigenvalue weighted by Crippen LogP contribution is -2.60. The number of alkyl carbamates (subject to hydrolysis) is 2. The number of aliphatic carboxylic acids is 1. The summed E-state index contributed by atoms with van der Waals surface area (Å²) in [6.45, 7) is 14.0. The Kier molecular flexibility index (Phi) is 45.4. The Hall–Kier alpha value is -12.0. The van der Waals surface area contributed by atoms with Crippen LogP contribution in [-0.4, -0.2) is 204 Å². The number of carboxylic acids is 1. The van der Waals surface area contributed by atoms with E-state index in [4.69, 9.17) is 20.0 Å². The van der Waals surface area contributed by atoms with Gasteiger partial charge in [-0.3, -0.25) is 62.4 Å². The van der Waals surface area contributed by atoms with E-state index in [2.05, 4.69) is 99.1 Å². The molecule has 10 atom stereocenters. The topological polar surface area (TPSA) is 407 Å². The highest BCUT2D eigenvalue weighted by atomic mass is 16.7. The minimum absolute atomic E-state index is 0.00329. The lowest BCUT2D eigenvalue weighted by molar-refractivity contribution is -0.210. The number of nitrogens with two attached hydrogens (primary N) is 1. The summed E-state index contributed by atoms with van der Waals surface area (Å²) in [5.41, 5.74) is 14.3. The second kappa shape index (κ2) is 56.8. The number of nitrogens with zero attached hydrogens (tertiary/aromatic N) is 4. The van der Waals surface area contributed by atoms with Gasteiger partial charge in [0.05, 0.1) is 51.4 Å². The van der Waals surface area contributed by atoms with Crippen molar-refractivity contribution in [1.82, 2.24) is 51.8 Å². The molecule has 4 aliphatic rings. The first-order chi connectivity index (χ1) is 64.2. The number of likely N-dealkylation sites (tertiary alicyclic amines) is 2. The molecular formula is C103H139N11O19. The minimum atomic E-state index is -1.11. The van der Waals surface area contributed by atoms with Gasteiger partial charge in [-0.1, -0.05) is 226 Å². The second-order valence-electron chi connectivity index (χ2n) is 34.9. The third kappa shape index (κ3) is 34.5. The number of ether oxygens (including phenoxy) is 2. The molecule has 4 heterocycles. The van der Waals surface area contributed by atoms with Gasteiger partial charge in [-0.25, -0.2) is 24.5 Å². The Labute approximate surface area is 782 Å². The average molecular weight is 1840 g/mol. The number of hydrogen-bond acceptors (Lipinski definition) is 19. The molecule has 0 spiro atoms. The number of carbonyl (C=O) groups is 14. The summed E-state index contributed by atoms with van der Waals surface area (Å²) in [4.78, 5) is 195. The third-order valence-electron chi connectivity index (χ3n) is 24.5. The molecule has 4 fully saturated rings. The molecule has 720 valence electrons. The maximum Gasteiger partial charge on any atom is 0.407 e. The van der Waals surface area contributed by atoms with Crippen molar-refractivity contribution in [3.63, 3.8) is 0 Å². The molecule has 0 aromatic heterocycles. The molecule has 6 aromatic carbocycles. The van der Waals surface area contributed by atoms with E-state index in [9.17, 15) is 72.2 Å². The predicted molar refractivity (Wildman–Crippen MR) is 506 cm³/mol. The highest BCUT2D eigenvalue weighted by Gasteiger charge is 2.43. The molecule has 0 unspecified atom stereocenters. The van der Waals surface area contributed by atoms with Crippen molar-refractivity contribution in [3.05, 3.63) is 191 Å². The molecule has 4 aliphatic heterocycles. The minimum Gasteiger partial charge on any atom is -0.480 e. The normalized spacial score (nSPS) is 16.8. The smallest absolute Gasteiger partial charge is 0.407 e. The molecular weight excluding hydrogens is 1700 g/mol. The summed E-state index contributed by atoms with van der Waals surface area (Å²) in [6.07, 6.45) is 15.4. The van der Waals surface area contributed by atoms with Crippen LogP contribution in [0.15, 0.2) is 158 Å². The Balaban J connectivity index is 0.000000303. The lowest BCUT2D eigenvalue weighted by atomic mass is 9.90. The first-order valence-corrected chi connectivity index (χ1v) is 47.6. The zero-order chi connectivity index (χ0) is 96.1. The molecule has 30 nitrogen and oxygen atoms in total. The summed E-state index contributed by atoms with van der Waals surface area (Å²) in [5.74, 6) is -6.93. The number of hydroxylamine groups is 4. The van der Waals surface area contributed by atoms with Crippen molar-refractivity contribution in [2.75, 3.05) is 53.5 Å². The summed E-state index contributed by atoms with van der Waals surface area (Å²) in [5, 5.41) is 28.9. The molecule has 6 aromatic rings. The number of benzene rings is 6. The second-order valence-corrected chi connectivity index (χ2v) is 34.9. The fraction of sp³-hybridized carbons (Fsp3) is 0.515. The molecule has 9 N–H and O–H groups in total. The molecule has 10 amide bonds. The van der Waals surface area contributed by atoms with Crippen LogP contribution in [0.25, 0.3) is 22.3 Å². The van der Waals surface area contributed by atoms with Crippen molar-refractivity contribution >= 4 is 82.8 Å². The van der Waals surface area contributed by atoms with Gasteiger partial charge in [0.15, 0.2) is 17.3 Å². The quantitative estimate of drug-likeness (QED) is 0.0130. The van der Waals surface area contributed by atoms with E-state index in [-0.39, 0.29) is 92.3 Å². The van der Waals surface area contributed by atoms with Crippen molar-refractivity contribution < 1.29 is 91.4 Å². The van der Waals surface area contributed by atoms with Crippen LogP contribution < -0.4 is 37.6 Å². The summed E-state index contributed by atoms with van der Waals surface area (Å²) in [6, 6.07) is 44.4.